The Morgan fingerprint density at radius 1 is 0.971 bits per heavy atom. The molecule has 2 fully saturated rings. The third-order valence-electron chi connectivity index (χ3n) is 7.02. The molecule has 4 rings (SSSR count). The molecule has 182 valence electrons. The van der Waals surface area contributed by atoms with Crippen LogP contribution in [0.1, 0.15) is 31.2 Å². The minimum Gasteiger partial charge on any atom is -0.496 e. The van der Waals surface area contributed by atoms with Gasteiger partial charge in [-0.15, -0.1) is 0 Å². The first kappa shape index (κ1) is 24.1. The summed E-state index contributed by atoms with van der Waals surface area (Å²) in [6.07, 6.45) is 5.31. The standard InChI is InChI=1S/C27H36N4O3/c1-34-24-14-8-7-9-21(24)15-16-28-26(32)25(22-10-5-6-11-22)30-17-19-31(20-18-30)27(33)29-23-12-3-2-4-13-23/h2-4,7-9,12-14,22,25H,5-6,10-11,15-20H2,1H3,(H,28,32)(H,29,33). The number of nitrogens with zero attached hydrogens (tertiary/aromatic N) is 2. The number of anilines is 1. The van der Waals surface area contributed by atoms with E-state index in [0.29, 0.717) is 38.6 Å². The summed E-state index contributed by atoms with van der Waals surface area (Å²) in [4.78, 5) is 30.2. The first-order chi connectivity index (χ1) is 16.7. The molecule has 1 aliphatic heterocycles. The van der Waals surface area contributed by atoms with Gasteiger partial charge in [0.1, 0.15) is 5.75 Å². The van der Waals surface area contributed by atoms with Crippen LogP contribution in [0.5, 0.6) is 5.75 Å². The number of amides is 3. The fraction of sp³-hybridized carbons (Fsp3) is 0.481. The predicted octanol–water partition coefficient (Wildman–Crippen LogP) is 3.76. The average Bonchev–Trinajstić information content (AvgIpc) is 3.40. The van der Waals surface area contributed by atoms with E-state index >= 15 is 0 Å². The average molecular weight is 465 g/mol. The van der Waals surface area contributed by atoms with E-state index in [-0.39, 0.29) is 18.0 Å². The Morgan fingerprint density at radius 2 is 1.65 bits per heavy atom. The van der Waals surface area contributed by atoms with Crippen molar-refractivity contribution in [3.05, 3.63) is 60.2 Å². The van der Waals surface area contributed by atoms with Crippen molar-refractivity contribution in [3.63, 3.8) is 0 Å². The molecule has 0 spiro atoms. The van der Waals surface area contributed by atoms with Crippen LogP contribution in [0, 0.1) is 5.92 Å². The van der Waals surface area contributed by atoms with Gasteiger partial charge in [0.2, 0.25) is 5.91 Å². The summed E-state index contributed by atoms with van der Waals surface area (Å²) in [7, 11) is 1.67. The van der Waals surface area contributed by atoms with Crippen LogP contribution in [0.3, 0.4) is 0 Å². The van der Waals surface area contributed by atoms with Crippen molar-refractivity contribution in [2.75, 3.05) is 45.2 Å². The summed E-state index contributed by atoms with van der Waals surface area (Å²) in [6, 6.07) is 17.3. The van der Waals surface area contributed by atoms with Crippen molar-refractivity contribution in [1.29, 1.82) is 0 Å². The zero-order chi connectivity index (χ0) is 23.8. The first-order valence-corrected chi connectivity index (χ1v) is 12.4. The van der Waals surface area contributed by atoms with Gasteiger partial charge in [0, 0.05) is 38.4 Å². The van der Waals surface area contributed by atoms with Gasteiger partial charge in [-0.2, -0.15) is 0 Å². The number of ether oxygens (including phenoxy) is 1. The molecule has 7 nitrogen and oxygen atoms in total. The molecule has 2 aliphatic rings. The van der Waals surface area contributed by atoms with Crippen LogP contribution < -0.4 is 15.4 Å². The van der Waals surface area contributed by atoms with Crippen LogP contribution in [-0.4, -0.2) is 67.6 Å². The lowest BCUT2D eigenvalue weighted by Gasteiger charge is -2.40. The summed E-state index contributed by atoms with van der Waals surface area (Å²) in [6.45, 7) is 3.25. The molecule has 1 saturated carbocycles. The number of benzene rings is 2. The van der Waals surface area contributed by atoms with Crippen LogP contribution in [0.15, 0.2) is 54.6 Å². The number of methoxy groups -OCH3 is 1. The Balaban J connectivity index is 1.32. The number of piperazine rings is 1. The molecule has 0 aromatic heterocycles. The molecule has 2 aromatic carbocycles. The molecule has 7 heteroatoms. The van der Waals surface area contributed by atoms with Gasteiger partial charge < -0.3 is 20.3 Å². The molecule has 2 aromatic rings. The Morgan fingerprint density at radius 3 is 2.35 bits per heavy atom. The van der Waals surface area contributed by atoms with E-state index in [0.717, 1.165) is 36.3 Å². The molecule has 34 heavy (non-hydrogen) atoms. The summed E-state index contributed by atoms with van der Waals surface area (Å²) in [5, 5.41) is 6.16. The third-order valence-corrected chi connectivity index (χ3v) is 7.02. The molecule has 1 aliphatic carbocycles. The maximum Gasteiger partial charge on any atom is 0.321 e. The van der Waals surface area contributed by atoms with Gasteiger partial charge in [-0.1, -0.05) is 49.2 Å². The van der Waals surface area contributed by atoms with Crippen LogP contribution in [-0.2, 0) is 11.2 Å². The highest BCUT2D eigenvalue weighted by atomic mass is 16.5. The molecule has 1 atom stereocenters. The second-order valence-electron chi connectivity index (χ2n) is 9.16. The van der Waals surface area contributed by atoms with Crippen molar-refractivity contribution in [3.8, 4) is 5.75 Å². The minimum atomic E-state index is -0.125. The normalized spacial score (nSPS) is 17.9. The predicted molar refractivity (Wildman–Crippen MR) is 134 cm³/mol. The lowest BCUT2D eigenvalue weighted by atomic mass is 9.95. The number of nitrogens with one attached hydrogen (secondary N) is 2. The molecule has 0 bridgehead atoms. The van der Waals surface area contributed by atoms with Gasteiger partial charge in [0.25, 0.3) is 0 Å². The van der Waals surface area contributed by atoms with Gasteiger partial charge >= 0.3 is 6.03 Å². The monoisotopic (exact) mass is 464 g/mol. The van der Waals surface area contributed by atoms with Gasteiger partial charge in [0.05, 0.1) is 13.2 Å². The zero-order valence-electron chi connectivity index (χ0n) is 20.0. The van der Waals surface area contributed by atoms with Crippen molar-refractivity contribution in [2.24, 2.45) is 5.92 Å². The molecular weight excluding hydrogens is 428 g/mol. The van der Waals surface area contributed by atoms with Crippen LogP contribution in [0.2, 0.25) is 0 Å². The molecule has 3 amide bonds. The number of rotatable bonds is 8. The fourth-order valence-corrected chi connectivity index (χ4v) is 5.21. The van der Waals surface area contributed by atoms with E-state index in [1.54, 1.807) is 7.11 Å². The maximum atomic E-state index is 13.4. The van der Waals surface area contributed by atoms with Gasteiger partial charge in [-0.05, 0) is 48.9 Å². The summed E-state index contributed by atoms with van der Waals surface area (Å²) < 4.78 is 5.44. The molecule has 2 N–H and O–H groups in total. The molecule has 1 unspecified atom stereocenters. The molecule has 1 saturated heterocycles. The number of carbonyl (C=O) groups excluding carboxylic acids is 2. The number of urea groups is 1. The number of para-hydroxylation sites is 2. The number of hydrogen-bond acceptors (Lipinski definition) is 4. The second-order valence-corrected chi connectivity index (χ2v) is 9.16. The zero-order valence-corrected chi connectivity index (χ0v) is 20.0. The van der Waals surface area contributed by atoms with Gasteiger partial charge in [0.15, 0.2) is 0 Å². The Bertz CT molecular complexity index is 938. The smallest absolute Gasteiger partial charge is 0.321 e. The Hall–Kier alpha value is -3.06. The van der Waals surface area contributed by atoms with Crippen LogP contribution in [0.4, 0.5) is 10.5 Å². The van der Waals surface area contributed by atoms with Crippen molar-refractivity contribution in [1.82, 2.24) is 15.1 Å². The Kier molecular flexibility index (Phi) is 8.41. The second kappa shape index (κ2) is 11.9. The SMILES string of the molecule is COc1ccccc1CCNC(=O)C(C1CCCC1)N1CCN(C(=O)Nc2ccccc2)CC1. The summed E-state index contributed by atoms with van der Waals surface area (Å²) in [5.41, 5.74) is 1.90. The molecule has 0 radical (unpaired) electrons. The van der Waals surface area contributed by atoms with Crippen LogP contribution in [0.25, 0.3) is 0 Å². The fourth-order valence-electron chi connectivity index (χ4n) is 5.21. The first-order valence-electron chi connectivity index (χ1n) is 12.4. The maximum absolute atomic E-state index is 13.4. The van der Waals surface area contributed by atoms with E-state index in [1.165, 1.54) is 12.8 Å². The minimum absolute atomic E-state index is 0.0791. The van der Waals surface area contributed by atoms with E-state index < -0.39 is 0 Å². The van der Waals surface area contributed by atoms with E-state index in [1.807, 2.05) is 59.5 Å². The molecular formula is C27H36N4O3. The largest absolute Gasteiger partial charge is 0.496 e. The van der Waals surface area contributed by atoms with Gasteiger partial charge in [-0.3, -0.25) is 9.69 Å². The highest BCUT2D eigenvalue weighted by molar-refractivity contribution is 5.89. The van der Waals surface area contributed by atoms with Crippen LogP contribution >= 0.6 is 0 Å². The third kappa shape index (κ3) is 6.08. The van der Waals surface area contributed by atoms with E-state index in [2.05, 4.69) is 15.5 Å². The Labute approximate surface area is 202 Å². The summed E-state index contributed by atoms with van der Waals surface area (Å²) in [5.74, 6) is 1.36. The molecule has 1 heterocycles. The van der Waals surface area contributed by atoms with Gasteiger partial charge in [-0.25, -0.2) is 4.79 Å². The van der Waals surface area contributed by atoms with Crippen molar-refractivity contribution < 1.29 is 14.3 Å². The highest BCUT2D eigenvalue weighted by Crippen LogP contribution is 2.31. The topological polar surface area (TPSA) is 73.9 Å². The summed E-state index contributed by atoms with van der Waals surface area (Å²) >= 11 is 0. The number of carbonyl (C=O) groups is 2. The van der Waals surface area contributed by atoms with Crippen molar-refractivity contribution >= 4 is 17.6 Å². The highest BCUT2D eigenvalue weighted by Gasteiger charge is 2.37. The van der Waals surface area contributed by atoms with E-state index in [4.69, 9.17) is 4.74 Å². The van der Waals surface area contributed by atoms with E-state index in [9.17, 15) is 9.59 Å². The lowest BCUT2D eigenvalue weighted by Crippen LogP contribution is -2.58. The lowest BCUT2D eigenvalue weighted by molar-refractivity contribution is -0.129. The number of hydrogen-bond donors (Lipinski definition) is 2. The quantitative estimate of drug-likeness (QED) is 0.624. The van der Waals surface area contributed by atoms with Crippen molar-refractivity contribution in [2.45, 2.75) is 38.1 Å².